The van der Waals surface area contributed by atoms with Crippen molar-refractivity contribution in [1.82, 2.24) is 15.1 Å². The molecule has 0 aliphatic carbocycles. The third-order valence-electron chi connectivity index (χ3n) is 2.68. The van der Waals surface area contributed by atoms with Crippen molar-refractivity contribution >= 4 is 31.9 Å². The SMILES string of the molecule is Oc1cccc(O)c1-c1nc(-c2ncc(Br)cc2Br)no1. The summed E-state index contributed by atoms with van der Waals surface area (Å²) in [6, 6.07) is 6.16. The third-order valence-corrected chi connectivity index (χ3v) is 3.72. The van der Waals surface area contributed by atoms with E-state index in [2.05, 4.69) is 47.0 Å². The Kier molecular flexibility index (Phi) is 3.64. The molecule has 0 atom stereocenters. The molecule has 2 N–H and O–H groups in total. The summed E-state index contributed by atoms with van der Waals surface area (Å²) in [6.45, 7) is 0. The van der Waals surface area contributed by atoms with Gasteiger partial charge in [0.25, 0.3) is 5.89 Å². The maximum Gasteiger partial charge on any atom is 0.265 e. The highest BCUT2D eigenvalue weighted by Gasteiger charge is 2.19. The normalized spacial score (nSPS) is 10.8. The van der Waals surface area contributed by atoms with Gasteiger partial charge in [-0.15, -0.1) is 0 Å². The van der Waals surface area contributed by atoms with E-state index < -0.39 is 0 Å². The van der Waals surface area contributed by atoms with Gasteiger partial charge in [0.2, 0.25) is 5.82 Å². The van der Waals surface area contributed by atoms with Crippen LogP contribution in [0.5, 0.6) is 11.5 Å². The topological polar surface area (TPSA) is 92.3 Å². The zero-order valence-corrected chi connectivity index (χ0v) is 13.5. The van der Waals surface area contributed by atoms with E-state index in [1.54, 1.807) is 12.3 Å². The molecule has 6 nitrogen and oxygen atoms in total. The minimum atomic E-state index is -0.145. The van der Waals surface area contributed by atoms with Crippen molar-refractivity contribution in [2.75, 3.05) is 0 Å². The van der Waals surface area contributed by atoms with Crippen LogP contribution in [0, 0.1) is 0 Å². The van der Waals surface area contributed by atoms with Crippen molar-refractivity contribution in [3.63, 3.8) is 0 Å². The average Bonchev–Trinajstić information content (AvgIpc) is 2.87. The third kappa shape index (κ3) is 2.64. The van der Waals surface area contributed by atoms with Crippen molar-refractivity contribution in [2.24, 2.45) is 0 Å². The average molecular weight is 413 g/mol. The lowest BCUT2D eigenvalue weighted by Crippen LogP contribution is -1.88. The molecule has 0 aliphatic heterocycles. The molecule has 0 spiro atoms. The molecule has 0 saturated heterocycles. The van der Waals surface area contributed by atoms with Crippen LogP contribution in [0.3, 0.4) is 0 Å². The van der Waals surface area contributed by atoms with Crippen molar-refractivity contribution < 1.29 is 14.7 Å². The molecule has 0 bridgehead atoms. The molecule has 1 aromatic carbocycles. The number of rotatable bonds is 2. The largest absolute Gasteiger partial charge is 0.507 e. The lowest BCUT2D eigenvalue weighted by Gasteiger charge is -2.01. The number of hydrogen-bond acceptors (Lipinski definition) is 6. The summed E-state index contributed by atoms with van der Waals surface area (Å²) < 4.78 is 6.59. The summed E-state index contributed by atoms with van der Waals surface area (Å²) in [5.41, 5.74) is 0.576. The smallest absolute Gasteiger partial charge is 0.265 e. The van der Waals surface area contributed by atoms with Crippen LogP contribution in [0.2, 0.25) is 0 Å². The second-order valence-electron chi connectivity index (χ2n) is 4.08. The molecule has 0 amide bonds. The van der Waals surface area contributed by atoms with E-state index in [1.165, 1.54) is 18.2 Å². The molecule has 0 radical (unpaired) electrons. The minimum Gasteiger partial charge on any atom is -0.507 e. The summed E-state index contributed by atoms with van der Waals surface area (Å²) in [5, 5.41) is 23.4. The van der Waals surface area contributed by atoms with Crippen LogP contribution >= 0.6 is 31.9 Å². The second-order valence-corrected chi connectivity index (χ2v) is 5.85. The van der Waals surface area contributed by atoms with E-state index in [4.69, 9.17) is 4.52 Å². The highest BCUT2D eigenvalue weighted by molar-refractivity contribution is 9.11. The Labute approximate surface area is 135 Å². The van der Waals surface area contributed by atoms with Gasteiger partial charge in [-0.05, 0) is 50.1 Å². The molecule has 106 valence electrons. The molecule has 0 unspecified atom stereocenters. The fourth-order valence-corrected chi connectivity index (χ4v) is 2.91. The maximum atomic E-state index is 9.80. The van der Waals surface area contributed by atoms with Gasteiger partial charge < -0.3 is 14.7 Å². The molecule has 8 heteroatoms. The molecular weight excluding hydrogens is 406 g/mol. The van der Waals surface area contributed by atoms with E-state index in [0.29, 0.717) is 10.2 Å². The minimum absolute atomic E-state index is 0.0113. The predicted octanol–water partition coefficient (Wildman–Crippen LogP) is 3.73. The van der Waals surface area contributed by atoms with Gasteiger partial charge in [0.15, 0.2) is 0 Å². The molecule has 0 aliphatic rings. The van der Waals surface area contributed by atoms with E-state index >= 15 is 0 Å². The second kappa shape index (κ2) is 5.45. The van der Waals surface area contributed by atoms with E-state index in [9.17, 15) is 10.2 Å². The maximum absolute atomic E-state index is 9.80. The van der Waals surface area contributed by atoms with Crippen molar-refractivity contribution in [2.45, 2.75) is 0 Å². The summed E-state index contributed by atoms with van der Waals surface area (Å²) in [6.07, 6.45) is 1.60. The van der Waals surface area contributed by atoms with Crippen LogP contribution in [0.15, 0.2) is 43.9 Å². The zero-order valence-electron chi connectivity index (χ0n) is 10.3. The molecule has 3 rings (SSSR count). The van der Waals surface area contributed by atoms with Crippen LogP contribution in [0.25, 0.3) is 23.0 Å². The molecule has 21 heavy (non-hydrogen) atoms. The molecular formula is C13H7Br2N3O3. The Morgan fingerprint density at radius 3 is 2.48 bits per heavy atom. The molecule has 0 saturated carbocycles. The number of phenolic OH excluding ortho intramolecular Hbond substituents is 2. The predicted molar refractivity (Wildman–Crippen MR) is 81.7 cm³/mol. The van der Waals surface area contributed by atoms with Crippen molar-refractivity contribution in [3.8, 4) is 34.5 Å². The number of nitrogens with zero attached hydrogens (tertiary/aromatic N) is 3. The Morgan fingerprint density at radius 2 is 1.81 bits per heavy atom. The number of phenols is 2. The molecule has 2 heterocycles. The number of halogens is 2. The fraction of sp³-hybridized carbons (Fsp3) is 0. The van der Waals surface area contributed by atoms with Crippen LogP contribution in [-0.2, 0) is 0 Å². The first-order chi connectivity index (χ1) is 10.1. The summed E-state index contributed by atoms with van der Waals surface area (Å²) in [5.74, 6) is -0.0368. The number of benzene rings is 1. The first-order valence-corrected chi connectivity index (χ1v) is 7.31. The first kappa shape index (κ1) is 14.0. The van der Waals surface area contributed by atoms with Crippen molar-refractivity contribution in [3.05, 3.63) is 39.4 Å². The highest BCUT2D eigenvalue weighted by Crippen LogP contribution is 2.37. The van der Waals surface area contributed by atoms with Gasteiger partial charge >= 0.3 is 0 Å². The van der Waals surface area contributed by atoms with Crippen LogP contribution in [-0.4, -0.2) is 25.3 Å². The lowest BCUT2D eigenvalue weighted by molar-refractivity contribution is 0.416. The molecule has 2 aromatic heterocycles. The van der Waals surface area contributed by atoms with Gasteiger partial charge in [-0.25, -0.2) is 0 Å². The Bertz CT molecular complexity index is 800. The standard InChI is InChI=1S/C13H7Br2N3O3/c14-6-4-7(15)11(16-5-6)12-17-13(21-18-12)10-8(19)2-1-3-9(10)20/h1-5,19-20H. The Hall–Kier alpha value is -1.93. The summed E-state index contributed by atoms with van der Waals surface area (Å²) in [7, 11) is 0. The summed E-state index contributed by atoms with van der Waals surface area (Å²) >= 11 is 6.67. The molecule has 0 fully saturated rings. The van der Waals surface area contributed by atoms with Crippen LogP contribution < -0.4 is 0 Å². The highest BCUT2D eigenvalue weighted by atomic mass is 79.9. The van der Waals surface area contributed by atoms with Gasteiger partial charge in [-0.3, -0.25) is 4.98 Å². The molecule has 3 aromatic rings. The van der Waals surface area contributed by atoms with Gasteiger partial charge in [-0.1, -0.05) is 11.2 Å². The quantitative estimate of drug-likeness (QED) is 0.666. The number of hydrogen-bond donors (Lipinski definition) is 2. The van der Waals surface area contributed by atoms with Gasteiger partial charge in [0, 0.05) is 15.1 Å². The monoisotopic (exact) mass is 411 g/mol. The van der Waals surface area contributed by atoms with E-state index in [0.717, 1.165) is 4.47 Å². The van der Waals surface area contributed by atoms with E-state index in [-0.39, 0.29) is 28.8 Å². The first-order valence-electron chi connectivity index (χ1n) is 5.72. The van der Waals surface area contributed by atoms with Crippen LogP contribution in [0.1, 0.15) is 0 Å². The fourth-order valence-electron chi connectivity index (χ4n) is 1.75. The number of pyridine rings is 1. The lowest BCUT2D eigenvalue weighted by atomic mass is 10.2. The van der Waals surface area contributed by atoms with Gasteiger partial charge in [0.05, 0.1) is 0 Å². The van der Waals surface area contributed by atoms with Crippen molar-refractivity contribution in [1.29, 1.82) is 0 Å². The van der Waals surface area contributed by atoms with Crippen LogP contribution in [0.4, 0.5) is 0 Å². The Balaban J connectivity index is 2.08. The number of aromatic nitrogens is 3. The summed E-state index contributed by atoms with van der Waals surface area (Å²) in [4.78, 5) is 8.35. The van der Waals surface area contributed by atoms with Gasteiger partial charge in [0.1, 0.15) is 22.8 Å². The zero-order chi connectivity index (χ0) is 15.0. The van der Waals surface area contributed by atoms with E-state index in [1.807, 2.05) is 0 Å². The number of aromatic hydroxyl groups is 2. The Morgan fingerprint density at radius 1 is 1.10 bits per heavy atom. The van der Waals surface area contributed by atoms with Gasteiger partial charge in [-0.2, -0.15) is 4.98 Å².